The van der Waals surface area contributed by atoms with Gasteiger partial charge in [-0.15, -0.1) is 0 Å². The molecular formula is C23H24N4O2. The maximum Gasteiger partial charge on any atom is 0.281 e. The molecule has 0 spiro atoms. The Bertz CT molecular complexity index is 1120. The van der Waals surface area contributed by atoms with Crippen LogP contribution in [0.3, 0.4) is 0 Å². The molecular weight excluding hydrogens is 364 g/mol. The highest BCUT2D eigenvalue weighted by Crippen LogP contribution is 2.42. The molecule has 6 nitrogen and oxygen atoms in total. The Morgan fingerprint density at radius 3 is 2.62 bits per heavy atom. The van der Waals surface area contributed by atoms with Crippen molar-refractivity contribution >= 4 is 28.2 Å². The van der Waals surface area contributed by atoms with Crippen molar-refractivity contribution in [2.24, 2.45) is 5.73 Å². The van der Waals surface area contributed by atoms with Crippen LogP contribution in [0.25, 0.3) is 10.8 Å². The molecule has 0 radical (unpaired) electrons. The number of carbonyl (C=O) groups is 1. The number of amides is 1. The van der Waals surface area contributed by atoms with E-state index < -0.39 is 10.7 Å². The Kier molecular flexibility index (Phi) is 4.61. The average molecular weight is 388 g/mol. The van der Waals surface area contributed by atoms with Crippen molar-refractivity contribution in [1.29, 1.82) is 5.41 Å². The minimum Gasteiger partial charge on any atom is -0.627 e. The lowest BCUT2D eigenvalue weighted by Crippen LogP contribution is -2.55. The maximum absolute atomic E-state index is 14.4. The fourth-order valence-electron chi connectivity index (χ4n) is 4.22. The number of nitrogens with two attached hydrogens (primary N) is 1. The lowest BCUT2D eigenvalue weighted by atomic mass is 10.0. The van der Waals surface area contributed by atoms with Crippen molar-refractivity contribution in [3.05, 3.63) is 82.6 Å². The molecule has 0 saturated heterocycles. The van der Waals surface area contributed by atoms with Crippen LogP contribution in [0.5, 0.6) is 0 Å². The zero-order chi connectivity index (χ0) is 20.8. The molecule has 3 aromatic carbocycles. The molecule has 0 bridgehead atoms. The van der Waals surface area contributed by atoms with Gasteiger partial charge in [-0.05, 0) is 10.8 Å². The number of hydrogen-bond acceptors (Lipinski definition) is 3. The third-order valence-corrected chi connectivity index (χ3v) is 5.73. The molecule has 1 aliphatic heterocycles. The monoisotopic (exact) mass is 388 g/mol. The van der Waals surface area contributed by atoms with Crippen LogP contribution in [-0.2, 0) is 17.8 Å². The summed E-state index contributed by atoms with van der Waals surface area (Å²) in [6.45, 7) is 0.139. The number of quaternary nitrogens is 1. The summed E-state index contributed by atoms with van der Waals surface area (Å²) in [6.07, 6.45) is 0.374. The van der Waals surface area contributed by atoms with Crippen LogP contribution in [0.4, 0.5) is 5.69 Å². The van der Waals surface area contributed by atoms with E-state index in [1.807, 2.05) is 48.5 Å². The first-order chi connectivity index (χ1) is 13.8. The number of nitrogen functional groups attached to an aromatic ring is 1. The highest BCUT2D eigenvalue weighted by atomic mass is 16.6. The van der Waals surface area contributed by atoms with Crippen LogP contribution >= 0.6 is 0 Å². The normalized spacial score (nSPS) is 20.4. The second kappa shape index (κ2) is 6.99. The predicted molar refractivity (Wildman–Crippen MR) is 116 cm³/mol. The number of nitrogens with one attached hydrogen (secondary N) is 1. The van der Waals surface area contributed by atoms with Crippen molar-refractivity contribution < 1.29 is 4.79 Å². The SMILES string of the molecule is CN(C)C(=O)C1Cc2ccc(C(=N)N)cc2[N+]1([O-])Cc1cccc2ccccc12. The highest BCUT2D eigenvalue weighted by molar-refractivity contribution is 5.97. The summed E-state index contributed by atoms with van der Waals surface area (Å²) in [5, 5.41) is 24.2. The molecule has 1 heterocycles. The molecule has 0 fully saturated rings. The fraction of sp³-hybridized carbons (Fsp3) is 0.217. The van der Waals surface area contributed by atoms with E-state index >= 15 is 0 Å². The number of fused-ring (bicyclic) bond motifs is 2. The number of likely N-dealkylation sites (N-methyl/N-ethyl adjacent to an activating group) is 1. The second-order valence-electron chi connectivity index (χ2n) is 7.80. The highest BCUT2D eigenvalue weighted by Gasteiger charge is 2.46. The molecule has 0 aliphatic carbocycles. The standard InChI is InChI=1S/C23H24N4O2/c1-26(2)23(28)21-12-16-10-11-17(22(24)25)13-20(16)27(21,29)14-18-8-5-7-15-6-3-4-9-19(15)18/h3-11,13,21H,12,14H2,1-2H3,(H3,24,25). The number of benzene rings is 3. The van der Waals surface area contributed by atoms with Gasteiger partial charge in [0.25, 0.3) is 5.91 Å². The number of rotatable bonds is 4. The summed E-state index contributed by atoms with van der Waals surface area (Å²) >= 11 is 0. The van der Waals surface area contributed by atoms with Crippen molar-refractivity contribution in [2.45, 2.75) is 19.0 Å². The molecule has 1 amide bonds. The lowest BCUT2D eigenvalue weighted by molar-refractivity contribution is -0.132. The maximum atomic E-state index is 14.4. The fourth-order valence-corrected chi connectivity index (χ4v) is 4.22. The van der Waals surface area contributed by atoms with Gasteiger partial charge in [0.2, 0.25) is 0 Å². The van der Waals surface area contributed by atoms with Crippen LogP contribution in [0, 0.1) is 10.6 Å². The van der Waals surface area contributed by atoms with Crippen molar-refractivity contribution in [2.75, 3.05) is 14.1 Å². The largest absolute Gasteiger partial charge is 0.627 e. The zero-order valence-electron chi connectivity index (χ0n) is 16.6. The summed E-state index contributed by atoms with van der Waals surface area (Å²) in [5.74, 6) is -0.285. The minimum atomic E-state index is -0.776. The van der Waals surface area contributed by atoms with Crippen molar-refractivity contribution in [1.82, 2.24) is 9.55 Å². The van der Waals surface area contributed by atoms with Gasteiger partial charge < -0.3 is 20.5 Å². The average Bonchev–Trinajstić information content (AvgIpc) is 2.99. The lowest BCUT2D eigenvalue weighted by Gasteiger charge is -2.44. The van der Waals surface area contributed by atoms with Crippen molar-refractivity contribution in [3.8, 4) is 0 Å². The van der Waals surface area contributed by atoms with Gasteiger partial charge in [-0.1, -0.05) is 54.6 Å². The Labute approximate surface area is 169 Å². The Morgan fingerprint density at radius 2 is 1.90 bits per heavy atom. The molecule has 6 heteroatoms. The zero-order valence-corrected chi connectivity index (χ0v) is 16.6. The first-order valence-corrected chi connectivity index (χ1v) is 9.55. The van der Waals surface area contributed by atoms with E-state index in [1.54, 1.807) is 26.2 Å². The van der Waals surface area contributed by atoms with E-state index in [-0.39, 0.29) is 18.3 Å². The summed E-state index contributed by atoms with van der Waals surface area (Å²) in [5.41, 5.74) is 8.42. The van der Waals surface area contributed by atoms with Gasteiger partial charge in [0.15, 0.2) is 6.04 Å². The smallest absolute Gasteiger partial charge is 0.281 e. The quantitative estimate of drug-likeness (QED) is 0.311. The van der Waals surface area contributed by atoms with E-state index in [1.165, 1.54) is 4.90 Å². The molecule has 2 unspecified atom stereocenters. The molecule has 1 aliphatic rings. The predicted octanol–water partition coefficient (Wildman–Crippen LogP) is 3.14. The molecule has 4 rings (SSSR count). The summed E-state index contributed by atoms with van der Waals surface area (Å²) in [4.78, 5) is 14.4. The molecule has 29 heavy (non-hydrogen) atoms. The number of carbonyl (C=O) groups excluding carboxylic acids is 1. The first-order valence-electron chi connectivity index (χ1n) is 9.55. The number of amidine groups is 1. The molecule has 3 N–H and O–H groups in total. The van der Waals surface area contributed by atoms with Gasteiger partial charge in [0.1, 0.15) is 18.1 Å². The number of hydroxylamine groups is 2. The minimum absolute atomic E-state index is 0.0908. The van der Waals surface area contributed by atoms with Gasteiger partial charge in [-0.25, -0.2) is 0 Å². The van der Waals surface area contributed by atoms with Gasteiger partial charge >= 0.3 is 0 Å². The Balaban J connectivity index is 1.87. The number of nitrogens with zero attached hydrogens (tertiary/aromatic N) is 2. The van der Waals surface area contributed by atoms with E-state index in [0.29, 0.717) is 17.7 Å². The summed E-state index contributed by atoms with van der Waals surface area (Å²) < 4.78 is -0.776. The second-order valence-corrected chi connectivity index (χ2v) is 7.80. The van der Waals surface area contributed by atoms with Crippen LogP contribution in [-0.4, -0.2) is 36.8 Å². The molecule has 148 valence electrons. The summed E-state index contributed by atoms with van der Waals surface area (Å²) in [6, 6.07) is 18.3. The number of hydrogen-bond donors (Lipinski definition) is 2. The van der Waals surface area contributed by atoms with E-state index in [0.717, 1.165) is 21.9 Å². The topological polar surface area (TPSA) is 93.2 Å². The van der Waals surface area contributed by atoms with Gasteiger partial charge in [-0.2, -0.15) is 0 Å². The van der Waals surface area contributed by atoms with E-state index in [4.69, 9.17) is 11.1 Å². The van der Waals surface area contributed by atoms with Crippen LogP contribution in [0.1, 0.15) is 16.7 Å². The third kappa shape index (κ3) is 3.16. The Hall–Kier alpha value is -3.22. The van der Waals surface area contributed by atoms with Crippen LogP contribution in [0.2, 0.25) is 0 Å². The van der Waals surface area contributed by atoms with Gasteiger partial charge in [0.05, 0.1) is 0 Å². The van der Waals surface area contributed by atoms with Crippen LogP contribution in [0.15, 0.2) is 60.7 Å². The molecule has 2 atom stereocenters. The molecule has 0 saturated carbocycles. The first kappa shape index (κ1) is 19.1. The molecule has 0 aromatic heterocycles. The van der Waals surface area contributed by atoms with Gasteiger partial charge in [0, 0.05) is 43.3 Å². The van der Waals surface area contributed by atoms with E-state index in [2.05, 4.69) is 0 Å². The van der Waals surface area contributed by atoms with Gasteiger partial charge in [-0.3, -0.25) is 10.2 Å². The van der Waals surface area contributed by atoms with Crippen molar-refractivity contribution in [3.63, 3.8) is 0 Å². The third-order valence-electron chi connectivity index (χ3n) is 5.73. The Morgan fingerprint density at radius 1 is 1.17 bits per heavy atom. The molecule has 3 aromatic rings. The van der Waals surface area contributed by atoms with E-state index in [9.17, 15) is 10.0 Å². The van der Waals surface area contributed by atoms with Crippen LogP contribution < -0.4 is 10.4 Å². The summed E-state index contributed by atoms with van der Waals surface area (Å²) in [7, 11) is 3.35.